The van der Waals surface area contributed by atoms with E-state index < -0.39 is 17.6 Å². The van der Waals surface area contributed by atoms with Crippen molar-refractivity contribution in [1.29, 1.82) is 0 Å². The van der Waals surface area contributed by atoms with E-state index in [1.807, 2.05) is 12.1 Å². The van der Waals surface area contributed by atoms with Crippen molar-refractivity contribution in [1.82, 2.24) is 4.57 Å². The first-order valence-electron chi connectivity index (χ1n) is 7.40. The van der Waals surface area contributed by atoms with Gasteiger partial charge in [0, 0.05) is 18.5 Å². The molecule has 3 rings (SSSR count). The summed E-state index contributed by atoms with van der Waals surface area (Å²) in [5.74, 6) is -2.16. The van der Waals surface area contributed by atoms with Gasteiger partial charge in [0.15, 0.2) is 11.6 Å². The molecule has 0 amide bonds. The molecule has 0 radical (unpaired) electrons. The summed E-state index contributed by atoms with van der Waals surface area (Å²) in [5.41, 5.74) is 0.941. The Morgan fingerprint density at radius 1 is 1.17 bits per heavy atom. The van der Waals surface area contributed by atoms with Gasteiger partial charge in [-0.2, -0.15) is 0 Å². The average molecular weight is 331 g/mol. The summed E-state index contributed by atoms with van der Waals surface area (Å²) in [6.07, 6.45) is 0. The van der Waals surface area contributed by atoms with Gasteiger partial charge in [0.1, 0.15) is 11.4 Å². The van der Waals surface area contributed by atoms with E-state index in [4.69, 9.17) is 9.47 Å². The normalized spacial score (nSPS) is 10.8. The maximum Gasteiger partial charge on any atom is 0.344 e. The summed E-state index contributed by atoms with van der Waals surface area (Å²) in [6, 6.07) is 10.2. The highest BCUT2D eigenvalue weighted by molar-refractivity contribution is 6.07. The molecule has 0 aliphatic carbocycles. The van der Waals surface area contributed by atoms with E-state index in [0.717, 1.165) is 17.6 Å². The number of carbonyl (C=O) groups excluding carboxylic acids is 1. The van der Waals surface area contributed by atoms with Crippen LogP contribution in [0.15, 0.2) is 42.5 Å². The van der Waals surface area contributed by atoms with Gasteiger partial charge in [-0.15, -0.1) is 0 Å². The maximum atomic E-state index is 13.9. The molecule has 1 heterocycles. The molecule has 0 spiro atoms. The van der Waals surface area contributed by atoms with E-state index in [1.54, 1.807) is 30.7 Å². The topological polar surface area (TPSA) is 40.5 Å². The molecule has 3 aromatic rings. The zero-order chi connectivity index (χ0) is 17.3. The number of halogens is 2. The Balaban J connectivity index is 2.17. The van der Waals surface area contributed by atoms with Crippen LogP contribution in [0.4, 0.5) is 8.78 Å². The lowest BCUT2D eigenvalue weighted by atomic mass is 10.2. The number of nitrogens with zero attached hydrogens (tertiary/aromatic N) is 1. The van der Waals surface area contributed by atoms with E-state index in [-0.39, 0.29) is 23.8 Å². The molecular formula is C18H15F2NO3. The minimum absolute atomic E-state index is 0.139. The minimum atomic E-state index is -0.852. The summed E-state index contributed by atoms with van der Waals surface area (Å²) in [6.45, 7) is 1.90. The first-order valence-corrected chi connectivity index (χ1v) is 7.40. The predicted octanol–water partition coefficient (Wildman–Crippen LogP) is 4.43. The lowest BCUT2D eigenvalue weighted by Gasteiger charge is -2.10. The maximum absolute atomic E-state index is 13.9. The number of esters is 1. The second-order valence-electron chi connectivity index (χ2n) is 5.15. The Kier molecular flexibility index (Phi) is 4.20. The fraction of sp³-hybridized carbons (Fsp3) is 0.167. The Labute approximate surface area is 137 Å². The van der Waals surface area contributed by atoms with Gasteiger partial charge in [0.2, 0.25) is 5.88 Å². The minimum Gasteiger partial charge on any atom is -0.462 e. The van der Waals surface area contributed by atoms with Crippen LogP contribution in [-0.4, -0.2) is 17.1 Å². The molecule has 0 unspecified atom stereocenters. The molecule has 24 heavy (non-hydrogen) atoms. The summed E-state index contributed by atoms with van der Waals surface area (Å²) in [5, 5.41) is 0.635. The third-order valence-corrected chi connectivity index (χ3v) is 3.63. The number of para-hydroxylation sites is 1. The molecule has 0 bridgehead atoms. The highest BCUT2D eigenvalue weighted by Crippen LogP contribution is 2.35. The van der Waals surface area contributed by atoms with E-state index in [1.165, 1.54) is 6.07 Å². The number of fused-ring (bicyclic) bond motifs is 1. The molecular weight excluding hydrogens is 316 g/mol. The number of rotatable bonds is 4. The van der Waals surface area contributed by atoms with Crippen molar-refractivity contribution in [3.8, 4) is 11.6 Å². The zero-order valence-electron chi connectivity index (χ0n) is 13.2. The summed E-state index contributed by atoms with van der Waals surface area (Å²) >= 11 is 0. The van der Waals surface area contributed by atoms with Gasteiger partial charge < -0.3 is 14.0 Å². The SMILES string of the molecule is CCOC(=O)c1c(Oc2ccc(F)cc2F)n(C)c2ccccc12. The largest absolute Gasteiger partial charge is 0.462 e. The fourth-order valence-corrected chi connectivity index (χ4v) is 2.55. The van der Waals surface area contributed by atoms with Crippen molar-refractivity contribution in [2.75, 3.05) is 6.61 Å². The molecule has 0 aliphatic rings. The van der Waals surface area contributed by atoms with E-state index >= 15 is 0 Å². The van der Waals surface area contributed by atoms with Crippen molar-refractivity contribution in [3.05, 3.63) is 59.7 Å². The molecule has 2 aromatic carbocycles. The lowest BCUT2D eigenvalue weighted by Crippen LogP contribution is -2.07. The molecule has 4 nitrogen and oxygen atoms in total. The van der Waals surface area contributed by atoms with Gasteiger partial charge in [-0.3, -0.25) is 0 Å². The van der Waals surface area contributed by atoms with Gasteiger partial charge in [-0.25, -0.2) is 13.6 Å². The molecule has 6 heteroatoms. The number of hydrogen-bond donors (Lipinski definition) is 0. The van der Waals surface area contributed by atoms with Crippen LogP contribution >= 0.6 is 0 Å². The van der Waals surface area contributed by atoms with Gasteiger partial charge in [0.25, 0.3) is 0 Å². The van der Waals surface area contributed by atoms with Crippen LogP contribution < -0.4 is 4.74 Å². The van der Waals surface area contributed by atoms with Gasteiger partial charge >= 0.3 is 5.97 Å². The van der Waals surface area contributed by atoms with Crippen LogP contribution in [0, 0.1) is 11.6 Å². The smallest absolute Gasteiger partial charge is 0.344 e. The van der Waals surface area contributed by atoms with Crippen molar-refractivity contribution in [2.45, 2.75) is 6.92 Å². The molecule has 1 aromatic heterocycles. The Hall–Kier alpha value is -2.89. The molecule has 0 fully saturated rings. The van der Waals surface area contributed by atoms with Crippen molar-refractivity contribution in [3.63, 3.8) is 0 Å². The second kappa shape index (κ2) is 6.31. The molecule has 0 aliphatic heterocycles. The first kappa shape index (κ1) is 16.0. The molecule has 0 N–H and O–H groups in total. The molecule has 0 saturated carbocycles. The lowest BCUT2D eigenvalue weighted by molar-refractivity contribution is 0.0525. The quantitative estimate of drug-likeness (QED) is 0.664. The van der Waals surface area contributed by atoms with Gasteiger partial charge in [-0.05, 0) is 25.1 Å². The third-order valence-electron chi connectivity index (χ3n) is 3.63. The number of aryl methyl sites for hydroxylation is 1. The number of aromatic nitrogens is 1. The van der Waals surface area contributed by atoms with Crippen LogP contribution in [0.2, 0.25) is 0 Å². The standard InChI is InChI=1S/C18H15F2NO3/c1-3-23-18(22)16-12-6-4-5-7-14(12)21(2)17(16)24-15-9-8-11(19)10-13(15)20/h4-10H,3H2,1-2H3. The van der Waals surface area contributed by atoms with E-state index in [9.17, 15) is 13.6 Å². The Bertz CT molecular complexity index is 918. The van der Waals surface area contributed by atoms with Gasteiger partial charge in [0.05, 0.1) is 12.1 Å². The summed E-state index contributed by atoms with van der Waals surface area (Å²) in [7, 11) is 1.70. The summed E-state index contributed by atoms with van der Waals surface area (Å²) in [4.78, 5) is 12.4. The first-order chi connectivity index (χ1) is 11.5. The molecule has 0 saturated heterocycles. The van der Waals surface area contributed by atoms with Crippen LogP contribution in [0.25, 0.3) is 10.9 Å². The second-order valence-corrected chi connectivity index (χ2v) is 5.15. The van der Waals surface area contributed by atoms with Crippen molar-refractivity contribution < 1.29 is 23.0 Å². The van der Waals surface area contributed by atoms with Crippen LogP contribution in [0.3, 0.4) is 0 Å². The van der Waals surface area contributed by atoms with Crippen LogP contribution in [-0.2, 0) is 11.8 Å². The number of ether oxygens (including phenoxy) is 2. The fourth-order valence-electron chi connectivity index (χ4n) is 2.55. The average Bonchev–Trinajstić information content (AvgIpc) is 2.83. The number of hydrogen-bond acceptors (Lipinski definition) is 3. The highest BCUT2D eigenvalue weighted by atomic mass is 19.1. The van der Waals surface area contributed by atoms with Crippen molar-refractivity contribution in [2.24, 2.45) is 7.05 Å². The Morgan fingerprint density at radius 2 is 1.92 bits per heavy atom. The third kappa shape index (κ3) is 2.71. The molecule has 124 valence electrons. The number of carbonyl (C=O) groups is 1. The van der Waals surface area contributed by atoms with Crippen LogP contribution in [0.1, 0.15) is 17.3 Å². The molecule has 0 atom stereocenters. The monoisotopic (exact) mass is 331 g/mol. The Morgan fingerprint density at radius 3 is 2.62 bits per heavy atom. The van der Waals surface area contributed by atoms with Gasteiger partial charge in [-0.1, -0.05) is 18.2 Å². The predicted molar refractivity (Wildman–Crippen MR) is 85.3 cm³/mol. The highest BCUT2D eigenvalue weighted by Gasteiger charge is 2.24. The van der Waals surface area contributed by atoms with Crippen molar-refractivity contribution >= 4 is 16.9 Å². The van der Waals surface area contributed by atoms with E-state index in [0.29, 0.717) is 5.39 Å². The zero-order valence-corrected chi connectivity index (χ0v) is 13.2. The number of benzene rings is 2. The summed E-state index contributed by atoms with van der Waals surface area (Å²) < 4.78 is 39.3. The van der Waals surface area contributed by atoms with E-state index in [2.05, 4.69) is 0 Å². The van der Waals surface area contributed by atoms with Crippen LogP contribution in [0.5, 0.6) is 11.6 Å².